The highest BCUT2D eigenvalue weighted by Gasteiger charge is 2.39. The highest BCUT2D eigenvalue weighted by molar-refractivity contribution is 5.74. The van der Waals surface area contributed by atoms with Gasteiger partial charge in [0.1, 0.15) is 5.75 Å². The van der Waals surface area contributed by atoms with E-state index in [1.807, 2.05) is 19.1 Å². The molecule has 0 aliphatic carbocycles. The van der Waals surface area contributed by atoms with Gasteiger partial charge >= 0.3 is 5.97 Å². The summed E-state index contributed by atoms with van der Waals surface area (Å²) in [5.41, 5.74) is 0.489. The Balaban J connectivity index is 2.19. The lowest BCUT2D eigenvalue weighted by molar-refractivity contribution is -0.151. The van der Waals surface area contributed by atoms with Crippen LogP contribution in [0.15, 0.2) is 24.3 Å². The SMILES string of the molecule is CCC(c1ccc(O)cc1)N1CCCC(C)(C(=O)O)C1. The number of hydrogen-bond acceptors (Lipinski definition) is 3. The molecule has 20 heavy (non-hydrogen) atoms. The molecule has 2 rings (SSSR count). The molecule has 4 nitrogen and oxygen atoms in total. The number of phenols is 1. The van der Waals surface area contributed by atoms with Crippen LogP contribution in [0.3, 0.4) is 0 Å². The molecule has 2 unspecified atom stereocenters. The summed E-state index contributed by atoms with van der Waals surface area (Å²) in [6.45, 7) is 5.47. The summed E-state index contributed by atoms with van der Waals surface area (Å²) in [7, 11) is 0. The second-order valence-electron chi connectivity index (χ2n) is 5.96. The van der Waals surface area contributed by atoms with E-state index in [4.69, 9.17) is 0 Å². The van der Waals surface area contributed by atoms with E-state index < -0.39 is 11.4 Å². The Morgan fingerprint density at radius 2 is 2.05 bits per heavy atom. The zero-order valence-corrected chi connectivity index (χ0v) is 12.2. The minimum atomic E-state index is -0.706. The van der Waals surface area contributed by atoms with Crippen molar-refractivity contribution in [1.29, 1.82) is 0 Å². The second kappa shape index (κ2) is 5.83. The molecule has 0 amide bonds. The van der Waals surface area contributed by atoms with Crippen LogP contribution in [0.2, 0.25) is 0 Å². The first-order chi connectivity index (χ1) is 9.46. The Kier molecular flexibility index (Phi) is 4.33. The van der Waals surface area contributed by atoms with Crippen LogP contribution in [0, 0.1) is 5.41 Å². The molecule has 1 heterocycles. The first-order valence-electron chi connectivity index (χ1n) is 7.22. The first kappa shape index (κ1) is 14.9. The number of nitrogens with zero attached hydrogens (tertiary/aromatic N) is 1. The number of phenolic OH excluding ortho intramolecular Hbond substituents is 1. The van der Waals surface area contributed by atoms with Crippen LogP contribution in [0.5, 0.6) is 5.75 Å². The lowest BCUT2D eigenvalue weighted by atomic mass is 9.81. The van der Waals surface area contributed by atoms with Crippen LogP contribution in [0.4, 0.5) is 0 Å². The number of carboxylic acid groups (broad SMARTS) is 1. The predicted molar refractivity (Wildman–Crippen MR) is 77.7 cm³/mol. The van der Waals surface area contributed by atoms with E-state index >= 15 is 0 Å². The number of aromatic hydroxyl groups is 1. The van der Waals surface area contributed by atoms with Gasteiger partial charge < -0.3 is 10.2 Å². The normalized spacial score (nSPS) is 25.3. The van der Waals surface area contributed by atoms with Crippen LogP contribution in [0.25, 0.3) is 0 Å². The molecule has 1 aliphatic heterocycles. The lowest BCUT2D eigenvalue weighted by Crippen LogP contribution is -2.47. The number of carbonyl (C=O) groups is 1. The fraction of sp³-hybridized carbons (Fsp3) is 0.562. The molecule has 2 atom stereocenters. The van der Waals surface area contributed by atoms with Gasteiger partial charge in [0.05, 0.1) is 5.41 Å². The topological polar surface area (TPSA) is 60.8 Å². The van der Waals surface area contributed by atoms with Crippen LogP contribution in [-0.4, -0.2) is 34.2 Å². The third-order valence-electron chi connectivity index (χ3n) is 4.35. The van der Waals surface area contributed by atoms with E-state index in [2.05, 4.69) is 11.8 Å². The van der Waals surface area contributed by atoms with Crippen molar-refractivity contribution in [3.63, 3.8) is 0 Å². The second-order valence-corrected chi connectivity index (χ2v) is 5.96. The van der Waals surface area contributed by atoms with Crippen LogP contribution in [-0.2, 0) is 4.79 Å². The van der Waals surface area contributed by atoms with Crippen molar-refractivity contribution in [3.8, 4) is 5.75 Å². The van der Waals surface area contributed by atoms with Crippen molar-refractivity contribution in [2.75, 3.05) is 13.1 Å². The van der Waals surface area contributed by atoms with E-state index in [0.717, 1.165) is 31.4 Å². The Labute approximate surface area is 120 Å². The molecule has 0 spiro atoms. The molecule has 0 aromatic heterocycles. The summed E-state index contributed by atoms with van der Waals surface area (Å²) in [4.78, 5) is 13.7. The van der Waals surface area contributed by atoms with Crippen molar-refractivity contribution in [3.05, 3.63) is 29.8 Å². The first-order valence-corrected chi connectivity index (χ1v) is 7.22. The molecule has 1 saturated heterocycles. The number of carboxylic acids is 1. The number of benzene rings is 1. The highest BCUT2D eigenvalue weighted by Crippen LogP contribution is 2.35. The van der Waals surface area contributed by atoms with Gasteiger partial charge in [-0.25, -0.2) is 0 Å². The minimum Gasteiger partial charge on any atom is -0.508 e. The van der Waals surface area contributed by atoms with E-state index in [9.17, 15) is 15.0 Å². The van der Waals surface area contributed by atoms with Gasteiger partial charge in [0.25, 0.3) is 0 Å². The van der Waals surface area contributed by atoms with Crippen molar-refractivity contribution in [1.82, 2.24) is 4.90 Å². The maximum Gasteiger partial charge on any atom is 0.310 e. The number of piperidine rings is 1. The van der Waals surface area contributed by atoms with Gasteiger partial charge in [0.2, 0.25) is 0 Å². The van der Waals surface area contributed by atoms with Gasteiger partial charge in [-0.15, -0.1) is 0 Å². The van der Waals surface area contributed by atoms with Crippen molar-refractivity contribution < 1.29 is 15.0 Å². The average Bonchev–Trinajstić information content (AvgIpc) is 2.42. The Bertz CT molecular complexity index is 471. The monoisotopic (exact) mass is 277 g/mol. The molecular weight excluding hydrogens is 254 g/mol. The van der Waals surface area contributed by atoms with E-state index in [1.165, 1.54) is 0 Å². The van der Waals surface area contributed by atoms with E-state index in [-0.39, 0.29) is 11.8 Å². The molecule has 1 aromatic rings. The molecule has 1 aliphatic rings. The van der Waals surface area contributed by atoms with Crippen molar-refractivity contribution >= 4 is 5.97 Å². The minimum absolute atomic E-state index is 0.217. The molecule has 4 heteroatoms. The fourth-order valence-electron chi connectivity index (χ4n) is 3.12. The summed E-state index contributed by atoms with van der Waals surface area (Å²) >= 11 is 0. The zero-order chi connectivity index (χ0) is 14.8. The quantitative estimate of drug-likeness (QED) is 0.888. The summed E-state index contributed by atoms with van der Waals surface area (Å²) < 4.78 is 0. The summed E-state index contributed by atoms with van der Waals surface area (Å²) in [6.07, 6.45) is 2.59. The fourth-order valence-corrected chi connectivity index (χ4v) is 3.12. The summed E-state index contributed by atoms with van der Waals surface area (Å²) in [5, 5.41) is 18.8. The zero-order valence-electron chi connectivity index (χ0n) is 12.2. The van der Waals surface area contributed by atoms with Gasteiger partial charge in [-0.05, 0) is 50.4 Å². The largest absolute Gasteiger partial charge is 0.508 e. The number of hydrogen-bond donors (Lipinski definition) is 2. The van der Waals surface area contributed by atoms with E-state index in [0.29, 0.717) is 6.54 Å². The number of rotatable bonds is 4. The van der Waals surface area contributed by atoms with Crippen LogP contribution < -0.4 is 0 Å². The maximum absolute atomic E-state index is 11.5. The molecule has 0 bridgehead atoms. The van der Waals surface area contributed by atoms with Gasteiger partial charge in [0.15, 0.2) is 0 Å². The van der Waals surface area contributed by atoms with Crippen molar-refractivity contribution in [2.45, 2.75) is 39.2 Å². The van der Waals surface area contributed by atoms with Crippen LogP contribution >= 0.6 is 0 Å². The predicted octanol–water partition coefficient (Wildman–Crippen LogP) is 3.03. The molecule has 110 valence electrons. The van der Waals surface area contributed by atoms with Crippen molar-refractivity contribution in [2.24, 2.45) is 5.41 Å². The smallest absolute Gasteiger partial charge is 0.310 e. The summed E-state index contributed by atoms with van der Waals surface area (Å²) in [5.74, 6) is -0.444. The maximum atomic E-state index is 11.5. The Hall–Kier alpha value is -1.55. The van der Waals surface area contributed by atoms with E-state index in [1.54, 1.807) is 12.1 Å². The Morgan fingerprint density at radius 1 is 1.40 bits per heavy atom. The van der Waals surface area contributed by atoms with Gasteiger partial charge in [0, 0.05) is 12.6 Å². The molecule has 2 N–H and O–H groups in total. The van der Waals surface area contributed by atoms with Crippen LogP contribution in [0.1, 0.15) is 44.7 Å². The third kappa shape index (κ3) is 2.96. The molecular formula is C16H23NO3. The van der Waals surface area contributed by atoms with Gasteiger partial charge in [-0.2, -0.15) is 0 Å². The highest BCUT2D eigenvalue weighted by atomic mass is 16.4. The number of aliphatic carboxylic acids is 1. The van der Waals surface area contributed by atoms with Gasteiger partial charge in [-0.3, -0.25) is 9.69 Å². The average molecular weight is 277 g/mol. The molecule has 0 saturated carbocycles. The van der Waals surface area contributed by atoms with Gasteiger partial charge in [-0.1, -0.05) is 19.1 Å². The lowest BCUT2D eigenvalue weighted by Gasteiger charge is -2.41. The summed E-state index contributed by atoms with van der Waals surface area (Å²) in [6, 6.07) is 7.46. The third-order valence-corrected chi connectivity index (χ3v) is 4.35. The number of likely N-dealkylation sites (tertiary alicyclic amines) is 1. The molecule has 0 radical (unpaired) electrons. The molecule has 1 aromatic carbocycles. The molecule has 1 fully saturated rings. The standard InChI is InChI=1S/C16H23NO3/c1-3-14(12-5-7-13(18)8-6-12)17-10-4-9-16(2,11-17)15(19)20/h5-8,14,18H,3-4,9-11H2,1-2H3,(H,19,20). The Morgan fingerprint density at radius 3 is 2.60 bits per heavy atom.